The number of carbonyl (C=O) groups excluding carboxylic acids is 2. The second-order valence-electron chi connectivity index (χ2n) is 3.76. The zero-order valence-corrected chi connectivity index (χ0v) is 7.52. The van der Waals surface area contributed by atoms with Crippen molar-refractivity contribution in [3.05, 3.63) is 0 Å². The first-order valence-electron chi connectivity index (χ1n) is 4.50. The summed E-state index contributed by atoms with van der Waals surface area (Å²) in [4.78, 5) is 22.4. The lowest BCUT2D eigenvalue weighted by Crippen LogP contribution is -2.57. The van der Waals surface area contributed by atoms with Gasteiger partial charge in [-0.15, -0.1) is 0 Å². The van der Waals surface area contributed by atoms with Crippen LogP contribution in [0.3, 0.4) is 0 Å². The number of carbonyl (C=O) groups is 2. The van der Waals surface area contributed by atoms with Crippen LogP contribution in [0.2, 0.25) is 0 Å². The standard InChI is InChI=1S/C8H13N3O2/c1-8(5-3-2-4-9-5)6(12)10-7(13)11-8/h5,9H,2-4H2,1H3,(H2,10,11,12,13)/t5-,8+/m1/s1. The quantitative estimate of drug-likeness (QED) is 0.472. The Hall–Kier alpha value is -1.10. The molecule has 0 aliphatic carbocycles. The van der Waals surface area contributed by atoms with Crippen molar-refractivity contribution in [3.63, 3.8) is 0 Å². The summed E-state index contributed by atoms with van der Waals surface area (Å²) in [5, 5.41) is 8.13. The molecule has 2 aliphatic rings. The van der Waals surface area contributed by atoms with Gasteiger partial charge in [0.05, 0.1) is 0 Å². The Bertz CT molecular complexity index is 260. The molecule has 72 valence electrons. The van der Waals surface area contributed by atoms with E-state index >= 15 is 0 Å². The van der Waals surface area contributed by atoms with Crippen molar-refractivity contribution in [2.75, 3.05) is 6.54 Å². The maximum atomic E-state index is 11.5. The lowest BCUT2D eigenvalue weighted by molar-refractivity contribution is -0.124. The average Bonchev–Trinajstić information content (AvgIpc) is 2.61. The number of hydrogen-bond acceptors (Lipinski definition) is 3. The second kappa shape index (κ2) is 2.70. The average molecular weight is 183 g/mol. The molecule has 2 atom stereocenters. The third kappa shape index (κ3) is 1.19. The summed E-state index contributed by atoms with van der Waals surface area (Å²) in [6.45, 7) is 2.68. The van der Waals surface area contributed by atoms with Crippen molar-refractivity contribution in [2.45, 2.75) is 31.3 Å². The highest BCUT2D eigenvalue weighted by Crippen LogP contribution is 2.21. The summed E-state index contributed by atoms with van der Waals surface area (Å²) in [5.41, 5.74) is -0.756. The molecule has 0 bridgehead atoms. The molecule has 3 N–H and O–H groups in total. The van der Waals surface area contributed by atoms with Crippen LogP contribution in [0.15, 0.2) is 0 Å². The normalized spacial score (nSPS) is 39.0. The summed E-state index contributed by atoms with van der Waals surface area (Å²) in [6, 6.07) is -0.319. The molecular weight excluding hydrogens is 170 g/mol. The minimum absolute atomic E-state index is 0.0685. The highest BCUT2D eigenvalue weighted by atomic mass is 16.2. The van der Waals surface area contributed by atoms with Gasteiger partial charge in [-0.2, -0.15) is 0 Å². The van der Waals surface area contributed by atoms with Crippen molar-refractivity contribution in [1.29, 1.82) is 0 Å². The number of imide groups is 1. The van der Waals surface area contributed by atoms with E-state index in [1.807, 2.05) is 0 Å². The monoisotopic (exact) mass is 183 g/mol. The maximum absolute atomic E-state index is 11.5. The molecule has 0 radical (unpaired) electrons. The first kappa shape index (κ1) is 8.50. The SMILES string of the molecule is C[C@@]1([C@H]2CCCN2)NC(=O)NC1=O. The largest absolute Gasteiger partial charge is 0.322 e. The van der Waals surface area contributed by atoms with E-state index in [4.69, 9.17) is 0 Å². The minimum atomic E-state index is -0.756. The number of hydrogen-bond donors (Lipinski definition) is 3. The van der Waals surface area contributed by atoms with Crippen LogP contribution in [0.5, 0.6) is 0 Å². The van der Waals surface area contributed by atoms with E-state index in [0.29, 0.717) is 0 Å². The van der Waals surface area contributed by atoms with E-state index in [1.54, 1.807) is 6.92 Å². The molecule has 3 amide bonds. The van der Waals surface area contributed by atoms with Crippen molar-refractivity contribution in [1.82, 2.24) is 16.0 Å². The molecule has 2 saturated heterocycles. The molecule has 0 aromatic heterocycles. The lowest BCUT2D eigenvalue weighted by atomic mass is 9.91. The first-order chi connectivity index (χ1) is 6.13. The van der Waals surface area contributed by atoms with E-state index in [-0.39, 0.29) is 18.0 Å². The van der Waals surface area contributed by atoms with Gasteiger partial charge in [0.1, 0.15) is 5.54 Å². The van der Waals surface area contributed by atoms with Crippen LogP contribution in [0.4, 0.5) is 4.79 Å². The Morgan fingerprint density at radius 1 is 1.46 bits per heavy atom. The van der Waals surface area contributed by atoms with Crippen molar-refractivity contribution < 1.29 is 9.59 Å². The Labute approximate surface area is 76.3 Å². The fraction of sp³-hybridized carbons (Fsp3) is 0.750. The lowest BCUT2D eigenvalue weighted by Gasteiger charge is -2.27. The number of amides is 3. The van der Waals surface area contributed by atoms with Gasteiger partial charge in [-0.05, 0) is 26.3 Å². The van der Waals surface area contributed by atoms with Gasteiger partial charge >= 0.3 is 6.03 Å². The zero-order chi connectivity index (χ0) is 9.47. The Morgan fingerprint density at radius 3 is 2.69 bits per heavy atom. The van der Waals surface area contributed by atoms with E-state index in [2.05, 4.69) is 16.0 Å². The molecule has 13 heavy (non-hydrogen) atoms. The van der Waals surface area contributed by atoms with Crippen LogP contribution in [-0.2, 0) is 4.79 Å². The smallest absolute Gasteiger partial charge is 0.322 e. The number of urea groups is 1. The van der Waals surface area contributed by atoms with Gasteiger partial charge in [-0.25, -0.2) is 4.79 Å². The predicted molar refractivity (Wildman–Crippen MR) is 46.1 cm³/mol. The molecule has 5 heteroatoms. The topological polar surface area (TPSA) is 70.2 Å². The van der Waals surface area contributed by atoms with Gasteiger partial charge in [-0.1, -0.05) is 0 Å². The van der Waals surface area contributed by atoms with Crippen LogP contribution < -0.4 is 16.0 Å². The molecule has 2 rings (SSSR count). The van der Waals surface area contributed by atoms with Crippen molar-refractivity contribution in [3.8, 4) is 0 Å². The predicted octanol–water partition coefficient (Wildman–Crippen LogP) is -0.663. The number of nitrogens with one attached hydrogen (secondary N) is 3. The van der Waals surface area contributed by atoms with Gasteiger partial charge in [0.25, 0.3) is 5.91 Å². The molecule has 0 unspecified atom stereocenters. The molecule has 0 saturated carbocycles. The highest BCUT2D eigenvalue weighted by molar-refractivity contribution is 6.07. The van der Waals surface area contributed by atoms with E-state index in [0.717, 1.165) is 19.4 Å². The van der Waals surface area contributed by atoms with Crippen molar-refractivity contribution in [2.24, 2.45) is 0 Å². The fourth-order valence-electron chi connectivity index (χ4n) is 1.98. The summed E-state index contributed by atoms with van der Waals surface area (Å²) in [5.74, 6) is -0.225. The van der Waals surface area contributed by atoms with E-state index in [9.17, 15) is 9.59 Å². The van der Waals surface area contributed by atoms with Crippen LogP contribution in [0.1, 0.15) is 19.8 Å². The van der Waals surface area contributed by atoms with Gasteiger partial charge in [-0.3, -0.25) is 10.1 Å². The Balaban J connectivity index is 2.18. The van der Waals surface area contributed by atoms with Crippen LogP contribution >= 0.6 is 0 Å². The summed E-state index contributed by atoms with van der Waals surface area (Å²) in [7, 11) is 0. The summed E-state index contributed by atoms with van der Waals surface area (Å²) < 4.78 is 0. The molecule has 0 aromatic carbocycles. The molecule has 0 aromatic rings. The summed E-state index contributed by atoms with van der Waals surface area (Å²) in [6.07, 6.45) is 1.99. The van der Waals surface area contributed by atoms with Gasteiger partial charge in [0, 0.05) is 6.04 Å². The van der Waals surface area contributed by atoms with Gasteiger partial charge < -0.3 is 10.6 Å². The minimum Gasteiger partial charge on any atom is -0.322 e. The molecule has 2 fully saturated rings. The van der Waals surface area contributed by atoms with Gasteiger partial charge in [0.2, 0.25) is 0 Å². The molecule has 0 spiro atoms. The van der Waals surface area contributed by atoms with E-state index < -0.39 is 5.54 Å². The van der Waals surface area contributed by atoms with Crippen LogP contribution in [-0.4, -0.2) is 30.1 Å². The zero-order valence-electron chi connectivity index (χ0n) is 7.52. The first-order valence-corrected chi connectivity index (χ1v) is 4.50. The second-order valence-corrected chi connectivity index (χ2v) is 3.76. The molecule has 2 aliphatic heterocycles. The molecule has 2 heterocycles. The third-order valence-corrected chi connectivity index (χ3v) is 2.83. The molecule has 5 nitrogen and oxygen atoms in total. The Kier molecular flexibility index (Phi) is 1.76. The van der Waals surface area contributed by atoms with E-state index in [1.165, 1.54) is 0 Å². The maximum Gasteiger partial charge on any atom is 0.322 e. The Morgan fingerprint density at radius 2 is 2.23 bits per heavy atom. The van der Waals surface area contributed by atoms with Crippen LogP contribution in [0.25, 0.3) is 0 Å². The fourth-order valence-corrected chi connectivity index (χ4v) is 1.98. The summed E-state index contributed by atoms with van der Waals surface area (Å²) >= 11 is 0. The van der Waals surface area contributed by atoms with Crippen molar-refractivity contribution >= 4 is 11.9 Å². The highest BCUT2D eigenvalue weighted by Gasteiger charge is 2.48. The molecular formula is C8H13N3O2. The van der Waals surface area contributed by atoms with Crippen LogP contribution in [0, 0.1) is 0 Å². The number of rotatable bonds is 1. The third-order valence-electron chi connectivity index (χ3n) is 2.83. The van der Waals surface area contributed by atoms with Gasteiger partial charge in [0.15, 0.2) is 0 Å².